The molecule has 0 aromatic rings. The van der Waals surface area contributed by atoms with Crippen molar-refractivity contribution < 1.29 is 13.2 Å². The van der Waals surface area contributed by atoms with E-state index in [0.717, 1.165) is 39.0 Å². The second-order valence-electron chi connectivity index (χ2n) is 4.45. The first-order chi connectivity index (χ1) is 8.04. The minimum atomic E-state index is -3.04. The Morgan fingerprint density at radius 3 is 2.76 bits per heavy atom. The molecule has 6 heteroatoms. The number of nitrogens with zero attached hydrogens (tertiary/aromatic N) is 1. The summed E-state index contributed by atoms with van der Waals surface area (Å²) < 4.78 is 29.6. The van der Waals surface area contributed by atoms with E-state index in [4.69, 9.17) is 4.74 Å². The molecule has 0 aromatic heterocycles. The molecule has 0 saturated carbocycles. The lowest BCUT2D eigenvalue weighted by atomic mass is 10.2. The molecule has 1 fully saturated rings. The van der Waals surface area contributed by atoms with Crippen molar-refractivity contribution in [3.8, 4) is 0 Å². The molecule has 1 aliphatic heterocycles. The maximum atomic E-state index is 11.3. The fourth-order valence-corrected chi connectivity index (χ4v) is 2.94. The average molecular weight is 264 g/mol. The number of hydrogen-bond acceptors (Lipinski definition) is 4. The van der Waals surface area contributed by atoms with Crippen LogP contribution < -0.4 is 5.32 Å². The van der Waals surface area contributed by atoms with Crippen molar-refractivity contribution in [2.75, 3.05) is 39.0 Å². The highest BCUT2D eigenvalue weighted by molar-refractivity contribution is 7.88. The van der Waals surface area contributed by atoms with Crippen LogP contribution in [0.15, 0.2) is 0 Å². The zero-order valence-electron chi connectivity index (χ0n) is 10.8. The monoisotopic (exact) mass is 264 g/mol. The summed E-state index contributed by atoms with van der Waals surface area (Å²) in [5, 5.41) is 3.31. The van der Waals surface area contributed by atoms with E-state index < -0.39 is 10.0 Å². The van der Waals surface area contributed by atoms with Gasteiger partial charge in [0.2, 0.25) is 10.0 Å². The van der Waals surface area contributed by atoms with Crippen LogP contribution in [0.2, 0.25) is 0 Å². The van der Waals surface area contributed by atoms with Crippen LogP contribution in [0.1, 0.15) is 26.2 Å². The summed E-state index contributed by atoms with van der Waals surface area (Å²) >= 11 is 0. The standard InChI is InChI=1S/C11H24N2O3S/c1-3-13(17(2,14)15)8-5-7-12-10-11-6-4-9-16-11/h11-12H,3-10H2,1-2H3. The average Bonchev–Trinajstić information content (AvgIpc) is 2.74. The van der Waals surface area contributed by atoms with Crippen LogP contribution in [0.5, 0.6) is 0 Å². The van der Waals surface area contributed by atoms with Gasteiger partial charge in [0.05, 0.1) is 12.4 Å². The van der Waals surface area contributed by atoms with Gasteiger partial charge in [0.15, 0.2) is 0 Å². The number of sulfonamides is 1. The molecule has 17 heavy (non-hydrogen) atoms. The van der Waals surface area contributed by atoms with Crippen molar-refractivity contribution in [1.82, 2.24) is 9.62 Å². The van der Waals surface area contributed by atoms with Crippen LogP contribution in [-0.4, -0.2) is 57.9 Å². The number of ether oxygens (including phenoxy) is 1. The Morgan fingerprint density at radius 2 is 2.24 bits per heavy atom. The highest BCUT2D eigenvalue weighted by Crippen LogP contribution is 2.10. The maximum Gasteiger partial charge on any atom is 0.211 e. The second-order valence-corrected chi connectivity index (χ2v) is 6.43. The van der Waals surface area contributed by atoms with Crippen molar-refractivity contribution in [1.29, 1.82) is 0 Å². The van der Waals surface area contributed by atoms with Crippen molar-refractivity contribution in [3.63, 3.8) is 0 Å². The fraction of sp³-hybridized carbons (Fsp3) is 1.00. The Hall–Kier alpha value is -0.170. The van der Waals surface area contributed by atoms with E-state index >= 15 is 0 Å². The van der Waals surface area contributed by atoms with E-state index in [0.29, 0.717) is 19.2 Å². The molecule has 1 heterocycles. The summed E-state index contributed by atoms with van der Waals surface area (Å²) in [5.74, 6) is 0. The van der Waals surface area contributed by atoms with Crippen LogP contribution in [0, 0.1) is 0 Å². The molecule has 1 saturated heterocycles. The van der Waals surface area contributed by atoms with Crippen molar-refractivity contribution in [2.24, 2.45) is 0 Å². The third kappa shape index (κ3) is 5.81. The van der Waals surface area contributed by atoms with Crippen LogP contribution in [0.25, 0.3) is 0 Å². The minimum Gasteiger partial charge on any atom is -0.377 e. The predicted molar refractivity (Wildman–Crippen MR) is 68.6 cm³/mol. The first-order valence-electron chi connectivity index (χ1n) is 6.31. The highest BCUT2D eigenvalue weighted by Gasteiger charge is 2.15. The lowest BCUT2D eigenvalue weighted by Crippen LogP contribution is -2.33. The third-order valence-corrected chi connectivity index (χ3v) is 4.36. The van der Waals surface area contributed by atoms with Gasteiger partial charge in [0.1, 0.15) is 0 Å². The van der Waals surface area contributed by atoms with Gasteiger partial charge in [0, 0.05) is 26.2 Å². The van der Waals surface area contributed by atoms with Gasteiger partial charge in [-0.3, -0.25) is 0 Å². The lowest BCUT2D eigenvalue weighted by Gasteiger charge is -2.18. The molecule has 1 aliphatic rings. The molecule has 0 radical (unpaired) electrons. The maximum absolute atomic E-state index is 11.3. The molecule has 102 valence electrons. The molecule has 0 spiro atoms. The van der Waals surface area contributed by atoms with Gasteiger partial charge < -0.3 is 10.1 Å². The van der Waals surface area contributed by atoms with Crippen LogP contribution >= 0.6 is 0 Å². The molecular formula is C11H24N2O3S. The second kappa shape index (κ2) is 7.31. The van der Waals surface area contributed by atoms with E-state index in [1.165, 1.54) is 10.6 Å². The van der Waals surface area contributed by atoms with E-state index in [-0.39, 0.29) is 0 Å². The Bertz CT molecular complexity index is 300. The van der Waals surface area contributed by atoms with Crippen LogP contribution in [-0.2, 0) is 14.8 Å². The smallest absolute Gasteiger partial charge is 0.211 e. The summed E-state index contributed by atoms with van der Waals surface area (Å²) in [6, 6.07) is 0. The number of nitrogens with one attached hydrogen (secondary N) is 1. The zero-order valence-corrected chi connectivity index (χ0v) is 11.6. The Balaban J connectivity index is 2.06. The summed E-state index contributed by atoms with van der Waals surface area (Å²) in [7, 11) is -3.04. The number of rotatable bonds is 8. The van der Waals surface area contributed by atoms with E-state index in [9.17, 15) is 8.42 Å². The first-order valence-corrected chi connectivity index (χ1v) is 8.16. The van der Waals surface area contributed by atoms with Gasteiger partial charge in [-0.05, 0) is 25.8 Å². The number of hydrogen-bond donors (Lipinski definition) is 1. The normalized spacial score (nSPS) is 21.2. The lowest BCUT2D eigenvalue weighted by molar-refractivity contribution is 0.110. The molecular weight excluding hydrogens is 240 g/mol. The first kappa shape index (κ1) is 14.9. The predicted octanol–water partition coefficient (Wildman–Crippen LogP) is 0.427. The third-order valence-electron chi connectivity index (χ3n) is 2.98. The van der Waals surface area contributed by atoms with Crippen molar-refractivity contribution >= 4 is 10.0 Å². The SMILES string of the molecule is CCN(CCCNCC1CCCO1)S(C)(=O)=O. The molecule has 0 aromatic carbocycles. The zero-order chi connectivity index (χ0) is 12.7. The topological polar surface area (TPSA) is 58.6 Å². The largest absolute Gasteiger partial charge is 0.377 e. The fourth-order valence-electron chi connectivity index (χ4n) is 2.01. The molecule has 1 unspecified atom stereocenters. The molecule has 0 amide bonds. The summed E-state index contributed by atoms with van der Waals surface area (Å²) in [4.78, 5) is 0. The summed E-state index contributed by atoms with van der Waals surface area (Å²) in [6.45, 7) is 5.60. The van der Waals surface area contributed by atoms with Gasteiger partial charge in [-0.1, -0.05) is 6.92 Å². The van der Waals surface area contributed by atoms with Gasteiger partial charge in [-0.25, -0.2) is 12.7 Å². The van der Waals surface area contributed by atoms with Crippen molar-refractivity contribution in [3.05, 3.63) is 0 Å². The quantitative estimate of drug-likeness (QED) is 0.646. The van der Waals surface area contributed by atoms with Gasteiger partial charge in [-0.15, -0.1) is 0 Å². The Labute approximate surface area is 105 Å². The van der Waals surface area contributed by atoms with E-state index in [1.807, 2.05) is 6.92 Å². The molecule has 5 nitrogen and oxygen atoms in total. The van der Waals surface area contributed by atoms with Crippen LogP contribution in [0.3, 0.4) is 0 Å². The summed E-state index contributed by atoms with van der Waals surface area (Å²) in [5.41, 5.74) is 0. The molecule has 1 atom stereocenters. The summed E-state index contributed by atoms with van der Waals surface area (Å²) in [6.07, 6.45) is 4.75. The Kier molecular flexibility index (Phi) is 6.40. The van der Waals surface area contributed by atoms with E-state index in [1.54, 1.807) is 0 Å². The van der Waals surface area contributed by atoms with Crippen molar-refractivity contribution in [2.45, 2.75) is 32.3 Å². The highest BCUT2D eigenvalue weighted by atomic mass is 32.2. The molecule has 1 rings (SSSR count). The molecule has 0 aliphatic carbocycles. The van der Waals surface area contributed by atoms with Crippen LogP contribution in [0.4, 0.5) is 0 Å². The van der Waals surface area contributed by atoms with E-state index in [2.05, 4.69) is 5.32 Å². The Morgan fingerprint density at radius 1 is 1.47 bits per heavy atom. The van der Waals surface area contributed by atoms with Gasteiger partial charge in [-0.2, -0.15) is 0 Å². The minimum absolute atomic E-state index is 0.354. The van der Waals surface area contributed by atoms with Gasteiger partial charge >= 0.3 is 0 Å². The molecule has 1 N–H and O–H groups in total. The molecule has 0 bridgehead atoms. The van der Waals surface area contributed by atoms with Gasteiger partial charge in [0.25, 0.3) is 0 Å².